The van der Waals surface area contributed by atoms with Crippen LogP contribution in [0.4, 0.5) is 0 Å². The molecule has 0 saturated heterocycles. The topological polar surface area (TPSA) is 111 Å². The van der Waals surface area contributed by atoms with Crippen LogP contribution in [0.15, 0.2) is 33.2 Å². The first kappa shape index (κ1) is 13.7. The molecule has 0 radical (unpaired) electrons. The highest BCUT2D eigenvalue weighted by Crippen LogP contribution is 2.19. The average Bonchev–Trinajstić information content (AvgIpc) is 3.04. The maximum atomic E-state index is 12.0. The fraction of sp³-hybridized carbons (Fsp3) is 0.250. The predicted molar refractivity (Wildman–Crippen MR) is 72.5 cm³/mol. The quantitative estimate of drug-likeness (QED) is 0.752. The molecule has 2 aromatic heterocycles. The van der Waals surface area contributed by atoms with Crippen molar-refractivity contribution in [3.63, 3.8) is 0 Å². The highest BCUT2D eigenvalue weighted by molar-refractivity contribution is 7.88. The lowest BCUT2D eigenvalue weighted by molar-refractivity contribution is 0.447. The fourth-order valence-electron chi connectivity index (χ4n) is 1.85. The number of aryl methyl sites for hydroxylation is 1. The second-order valence-corrected chi connectivity index (χ2v) is 6.23. The Balaban J connectivity index is 1.73. The number of sulfonamides is 1. The van der Waals surface area contributed by atoms with Crippen LogP contribution in [0.3, 0.4) is 0 Å². The fourth-order valence-corrected chi connectivity index (χ4v) is 2.87. The summed E-state index contributed by atoms with van der Waals surface area (Å²) in [6.07, 6.45) is 0. The summed E-state index contributed by atoms with van der Waals surface area (Å²) in [4.78, 5) is 0. The average molecular weight is 308 g/mol. The zero-order chi connectivity index (χ0) is 14.9. The van der Waals surface area contributed by atoms with Gasteiger partial charge in [0, 0.05) is 12.3 Å². The molecule has 1 N–H and O–H groups in total. The first-order valence-electron chi connectivity index (χ1n) is 6.13. The SMILES string of the molecule is Cc1nnc(CNS(=O)(=O)Cc2noc3ccccc23)o1. The minimum atomic E-state index is -3.59. The van der Waals surface area contributed by atoms with E-state index in [4.69, 9.17) is 8.94 Å². The van der Waals surface area contributed by atoms with Crippen LogP contribution in [0, 0.1) is 6.92 Å². The normalized spacial score (nSPS) is 12.0. The van der Waals surface area contributed by atoms with E-state index >= 15 is 0 Å². The molecule has 0 unspecified atom stereocenters. The minimum Gasteiger partial charge on any atom is -0.424 e. The van der Waals surface area contributed by atoms with Crippen molar-refractivity contribution in [2.45, 2.75) is 19.2 Å². The number of nitrogens with zero attached hydrogens (tertiary/aromatic N) is 3. The third kappa shape index (κ3) is 3.09. The van der Waals surface area contributed by atoms with E-state index in [1.165, 1.54) is 0 Å². The van der Waals surface area contributed by atoms with Crippen LogP contribution in [0.5, 0.6) is 0 Å². The number of rotatable bonds is 5. The van der Waals surface area contributed by atoms with Crippen molar-refractivity contribution in [2.75, 3.05) is 0 Å². The van der Waals surface area contributed by atoms with Crippen molar-refractivity contribution in [1.82, 2.24) is 20.1 Å². The molecule has 2 heterocycles. The second-order valence-electron chi connectivity index (χ2n) is 4.42. The molecule has 0 amide bonds. The number of hydrogen-bond donors (Lipinski definition) is 1. The number of nitrogens with one attached hydrogen (secondary N) is 1. The number of para-hydroxylation sites is 1. The zero-order valence-electron chi connectivity index (χ0n) is 11.1. The van der Waals surface area contributed by atoms with Crippen LogP contribution in [-0.2, 0) is 22.3 Å². The summed E-state index contributed by atoms with van der Waals surface area (Å²) in [5.74, 6) is 0.310. The smallest absolute Gasteiger partial charge is 0.231 e. The highest BCUT2D eigenvalue weighted by Gasteiger charge is 2.18. The van der Waals surface area contributed by atoms with E-state index in [0.717, 1.165) is 0 Å². The Morgan fingerprint density at radius 3 is 2.81 bits per heavy atom. The molecule has 21 heavy (non-hydrogen) atoms. The van der Waals surface area contributed by atoms with Gasteiger partial charge in [-0.1, -0.05) is 17.3 Å². The van der Waals surface area contributed by atoms with Gasteiger partial charge in [0.05, 0.1) is 6.54 Å². The number of hydrogen-bond acceptors (Lipinski definition) is 7. The summed E-state index contributed by atoms with van der Waals surface area (Å²) >= 11 is 0. The molecule has 3 rings (SSSR count). The van der Waals surface area contributed by atoms with E-state index in [9.17, 15) is 8.42 Å². The van der Waals surface area contributed by atoms with Crippen LogP contribution in [0.25, 0.3) is 11.0 Å². The Hall–Kier alpha value is -2.26. The van der Waals surface area contributed by atoms with Crippen LogP contribution < -0.4 is 4.72 Å². The first-order chi connectivity index (χ1) is 10.0. The molecule has 110 valence electrons. The minimum absolute atomic E-state index is 0.0566. The number of benzene rings is 1. The van der Waals surface area contributed by atoms with Gasteiger partial charge in [-0.05, 0) is 12.1 Å². The summed E-state index contributed by atoms with van der Waals surface area (Å²) < 4.78 is 36.6. The molecule has 3 aromatic rings. The molecule has 0 bridgehead atoms. The molecule has 9 heteroatoms. The van der Waals surface area contributed by atoms with Crippen molar-refractivity contribution in [1.29, 1.82) is 0 Å². The summed E-state index contributed by atoms with van der Waals surface area (Å²) in [6, 6.07) is 7.08. The molecule has 8 nitrogen and oxygen atoms in total. The predicted octanol–water partition coefficient (Wildman–Crippen LogP) is 1.14. The van der Waals surface area contributed by atoms with Crippen molar-refractivity contribution in [3.8, 4) is 0 Å². The van der Waals surface area contributed by atoms with Gasteiger partial charge in [-0.3, -0.25) is 0 Å². The standard InChI is InChI=1S/C12H12N4O4S/c1-8-14-15-12(19-8)6-13-21(17,18)7-10-9-4-2-3-5-11(9)20-16-10/h2-5,13H,6-7H2,1H3. The van der Waals surface area contributed by atoms with Crippen LogP contribution >= 0.6 is 0 Å². The van der Waals surface area contributed by atoms with Crippen LogP contribution in [-0.4, -0.2) is 23.8 Å². The third-order valence-electron chi connectivity index (χ3n) is 2.79. The van der Waals surface area contributed by atoms with E-state index in [-0.39, 0.29) is 18.2 Å². The lowest BCUT2D eigenvalue weighted by Gasteiger charge is -2.02. The summed E-state index contributed by atoms with van der Waals surface area (Å²) in [5.41, 5.74) is 0.912. The molecule has 0 aliphatic rings. The van der Waals surface area contributed by atoms with Crippen molar-refractivity contribution in [2.24, 2.45) is 0 Å². The molecule has 0 saturated carbocycles. The lowest BCUT2D eigenvalue weighted by Crippen LogP contribution is -2.25. The molecule has 0 aliphatic heterocycles. The van der Waals surface area contributed by atoms with Crippen molar-refractivity contribution < 1.29 is 17.4 Å². The maximum absolute atomic E-state index is 12.0. The first-order valence-corrected chi connectivity index (χ1v) is 7.78. The van der Waals surface area contributed by atoms with Crippen LogP contribution in [0.1, 0.15) is 17.5 Å². The second kappa shape index (κ2) is 5.26. The maximum Gasteiger partial charge on any atom is 0.231 e. The Kier molecular flexibility index (Phi) is 3.43. The lowest BCUT2D eigenvalue weighted by atomic mass is 10.2. The Morgan fingerprint density at radius 2 is 2.05 bits per heavy atom. The molecule has 0 spiro atoms. The largest absolute Gasteiger partial charge is 0.424 e. The van der Waals surface area contributed by atoms with Gasteiger partial charge < -0.3 is 8.94 Å². The van der Waals surface area contributed by atoms with E-state index in [1.54, 1.807) is 31.2 Å². The Labute approximate surface area is 120 Å². The van der Waals surface area contributed by atoms with E-state index in [0.29, 0.717) is 22.6 Å². The Bertz CT molecular complexity index is 868. The number of aromatic nitrogens is 3. The summed E-state index contributed by atoms with van der Waals surface area (Å²) in [7, 11) is -3.59. The van der Waals surface area contributed by atoms with Gasteiger partial charge in [-0.15, -0.1) is 10.2 Å². The van der Waals surface area contributed by atoms with Gasteiger partial charge in [0.2, 0.25) is 21.8 Å². The van der Waals surface area contributed by atoms with Crippen LogP contribution in [0.2, 0.25) is 0 Å². The highest BCUT2D eigenvalue weighted by atomic mass is 32.2. The third-order valence-corrected chi connectivity index (χ3v) is 4.03. The molecule has 0 aliphatic carbocycles. The van der Waals surface area contributed by atoms with Gasteiger partial charge in [0.25, 0.3) is 0 Å². The van der Waals surface area contributed by atoms with Crippen molar-refractivity contribution >= 4 is 21.0 Å². The van der Waals surface area contributed by atoms with Gasteiger partial charge >= 0.3 is 0 Å². The van der Waals surface area contributed by atoms with Crippen molar-refractivity contribution in [3.05, 3.63) is 41.7 Å². The number of fused-ring (bicyclic) bond motifs is 1. The molecule has 0 fully saturated rings. The van der Waals surface area contributed by atoms with E-state index in [1.807, 2.05) is 0 Å². The molecular weight excluding hydrogens is 296 g/mol. The van der Waals surface area contributed by atoms with E-state index in [2.05, 4.69) is 20.1 Å². The zero-order valence-corrected chi connectivity index (χ0v) is 11.9. The van der Waals surface area contributed by atoms with E-state index < -0.39 is 10.0 Å². The van der Waals surface area contributed by atoms with Gasteiger partial charge in [0.15, 0.2) is 5.58 Å². The summed E-state index contributed by atoms with van der Waals surface area (Å²) in [5, 5.41) is 11.8. The monoisotopic (exact) mass is 308 g/mol. The molecular formula is C12H12N4O4S. The molecule has 0 atom stereocenters. The van der Waals surface area contributed by atoms with Gasteiger partial charge in [0.1, 0.15) is 11.4 Å². The summed E-state index contributed by atoms with van der Waals surface area (Å²) in [6.45, 7) is 1.57. The van der Waals surface area contributed by atoms with Gasteiger partial charge in [-0.2, -0.15) is 0 Å². The Morgan fingerprint density at radius 1 is 1.24 bits per heavy atom. The van der Waals surface area contributed by atoms with Gasteiger partial charge in [-0.25, -0.2) is 13.1 Å². The molecule has 1 aromatic carbocycles.